The lowest BCUT2D eigenvalue weighted by molar-refractivity contribution is -0.148. The maximum Gasteiger partial charge on any atom is 0.333 e. The number of carboxylic acids is 1. The number of ether oxygens (including phenoxy) is 4. The fourth-order valence-electron chi connectivity index (χ4n) is 2.55. The minimum absolute atomic E-state index is 0.0733. The Hall–Kier alpha value is -3.17. The molecule has 0 aromatic heterocycles. The van der Waals surface area contributed by atoms with E-state index in [-0.39, 0.29) is 5.92 Å². The molecule has 0 bridgehead atoms. The Kier molecular flexibility index (Phi) is 9.56. The summed E-state index contributed by atoms with van der Waals surface area (Å²) in [6.45, 7) is 3.46. The van der Waals surface area contributed by atoms with Crippen molar-refractivity contribution >= 4 is 5.97 Å². The van der Waals surface area contributed by atoms with E-state index in [0.717, 1.165) is 29.2 Å². The number of hydrogen-bond acceptors (Lipinski definition) is 5. The van der Waals surface area contributed by atoms with Crippen LogP contribution in [-0.2, 0) is 16.0 Å². The monoisotopic (exact) mass is 412 g/mol. The Morgan fingerprint density at radius 3 is 1.93 bits per heavy atom. The van der Waals surface area contributed by atoms with Gasteiger partial charge in [-0.25, -0.2) is 4.79 Å². The van der Waals surface area contributed by atoms with E-state index in [9.17, 15) is 4.79 Å². The molecule has 0 heterocycles. The Morgan fingerprint density at radius 1 is 0.967 bits per heavy atom. The van der Waals surface area contributed by atoms with Crippen molar-refractivity contribution < 1.29 is 28.8 Å². The molecule has 30 heavy (non-hydrogen) atoms. The van der Waals surface area contributed by atoms with E-state index >= 15 is 0 Å². The van der Waals surface area contributed by atoms with Crippen LogP contribution < -0.4 is 14.2 Å². The van der Waals surface area contributed by atoms with Crippen molar-refractivity contribution in [3.63, 3.8) is 0 Å². The van der Waals surface area contributed by atoms with Gasteiger partial charge in [0.1, 0.15) is 23.9 Å². The summed E-state index contributed by atoms with van der Waals surface area (Å²) in [4.78, 5) is 11.0. The highest BCUT2D eigenvalue weighted by Crippen LogP contribution is 2.19. The van der Waals surface area contributed by atoms with Gasteiger partial charge in [-0.1, -0.05) is 12.1 Å². The van der Waals surface area contributed by atoms with Crippen LogP contribution in [0.15, 0.2) is 48.5 Å². The molecule has 2 atom stereocenters. The van der Waals surface area contributed by atoms with Crippen molar-refractivity contribution in [2.24, 2.45) is 5.92 Å². The Labute approximate surface area is 177 Å². The van der Waals surface area contributed by atoms with Gasteiger partial charge in [-0.15, -0.1) is 12.3 Å². The minimum atomic E-state index is -0.974. The Bertz CT molecular complexity index is 807. The minimum Gasteiger partial charge on any atom is -0.493 e. The molecule has 2 aromatic carbocycles. The lowest BCUT2D eigenvalue weighted by Crippen LogP contribution is -2.24. The summed E-state index contributed by atoms with van der Waals surface area (Å²) >= 11 is 0. The van der Waals surface area contributed by atoms with Crippen molar-refractivity contribution in [1.82, 2.24) is 0 Å². The van der Waals surface area contributed by atoms with E-state index in [2.05, 4.69) is 5.92 Å². The molecule has 0 radical (unpaired) electrons. The SMILES string of the molecule is C#CC(C)COc1ccc(OCCCOc2ccc(C[C@H](OC)C(=O)O)cc2)cc1. The molecule has 6 nitrogen and oxygen atoms in total. The molecule has 2 rings (SSSR count). The summed E-state index contributed by atoms with van der Waals surface area (Å²) in [7, 11) is 1.39. The lowest BCUT2D eigenvalue weighted by atomic mass is 10.1. The normalized spacial score (nSPS) is 12.4. The maximum absolute atomic E-state index is 11.0. The molecular formula is C24H28O6. The average Bonchev–Trinajstić information content (AvgIpc) is 2.77. The van der Waals surface area contributed by atoms with Gasteiger partial charge in [0, 0.05) is 20.0 Å². The van der Waals surface area contributed by atoms with Gasteiger partial charge in [-0.2, -0.15) is 0 Å². The number of aliphatic carboxylic acids is 1. The second-order valence-electron chi connectivity index (χ2n) is 6.81. The summed E-state index contributed by atoms with van der Waals surface area (Å²) in [6.07, 6.45) is 5.52. The number of benzene rings is 2. The first-order chi connectivity index (χ1) is 14.5. The molecule has 160 valence electrons. The quantitative estimate of drug-likeness (QED) is 0.398. The standard InChI is InChI=1S/C24H28O6/c1-4-18(2)17-30-22-12-10-21(11-13-22)29-15-5-14-28-20-8-6-19(7-9-20)16-23(27-3)24(25)26/h1,6-13,18,23H,5,14-17H2,2-3H3,(H,25,26)/t18?,23-/m0/s1. The molecule has 0 spiro atoms. The molecule has 0 saturated heterocycles. The largest absolute Gasteiger partial charge is 0.493 e. The number of methoxy groups -OCH3 is 1. The fraction of sp³-hybridized carbons (Fsp3) is 0.375. The van der Waals surface area contributed by atoms with Crippen molar-refractivity contribution in [3.05, 3.63) is 54.1 Å². The van der Waals surface area contributed by atoms with Gasteiger partial charge in [0.05, 0.1) is 19.1 Å². The number of terminal acetylenes is 1. The Morgan fingerprint density at radius 2 is 1.47 bits per heavy atom. The summed E-state index contributed by atoms with van der Waals surface area (Å²) in [5, 5.41) is 9.03. The van der Waals surface area contributed by atoms with E-state index < -0.39 is 12.1 Å². The number of carboxylic acid groups (broad SMARTS) is 1. The van der Waals surface area contributed by atoms with E-state index in [0.29, 0.717) is 26.2 Å². The zero-order valence-electron chi connectivity index (χ0n) is 17.4. The lowest BCUT2D eigenvalue weighted by Gasteiger charge is -2.12. The van der Waals surface area contributed by atoms with Crippen LogP contribution in [-0.4, -0.2) is 44.1 Å². The molecule has 0 aliphatic heterocycles. The number of hydrogen-bond donors (Lipinski definition) is 1. The third kappa shape index (κ3) is 8.06. The first-order valence-corrected chi connectivity index (χ1v) is 9.81. The predicted octanol–water partition coefficient (Wildman–Crippen LogP) is 3.82. The van der Waals surface area contributed by atoms with Gasteiger partial charge in [-0.05, 0) is 48.9 Å². The predicted molar refractivity (Wildman–Crippen MR) is 114 cm³/mol. The molecule has 6 heteroatoms. The van der Waals surface area contributed by atoms with Crippen LogP contribution >= 0.6 is 0 Å². The van der Waals surface area contributed by atoms with Gasteiger partial charge in [-0.3, -0.25) is 0 Å². The molecule has 0 aliphatic rings. The first kappa shape index (κ1) is 23.1. The van der Waals surface area contributed by atoms with Crippen LogP contribution in [0.1, 0.15) is 18.9 Å². The average molecular weight is 412 g/mol. The fourth-order valence-corrected chi connectivity index (χ4v) is 2.55. The van der Waals surface area contributed by atoms with Gasteiger partial charge in [0.15, 0.2) is 6.10 Å². The summed E-state index contributed by atoms with van der Waals surface area (Å²) in [5.74, 6) is 3.98. The maximum atomic E-state index is 11.0. The van der Waals surface area contributed by atoms with Crippen LogP contribution in [0, 0.1) is 18.3 Å². The van der Waals surface area contributed by atoms with Gasteiger partial charge in [0.25, 0.3) is 0 Å². The van der Waals surface area contributed by atoms with Crippen LogP contribution in [0.25, 0.3) is 0 Å². The first-order valence-electron chi connectivity index (χ1n) is 9.81. The van der Waals surface area contributed by atoms with Gasteiger partial charge < -0.3 is 24.1 Å². The van der Waals surface area contributed by atoms with Crippen LogP contribution in [0.5, 0.6) is 17.2 Å². The molecule has 0 amide bonds. The molecule has 0 saturated carbocycles. The molecule has 1 unspecified atom stereocenters. The Balaban J connectivity index is 1.65. The molecule has 1 N–H and O–H groups in total. The smallest absolute Gasteiger partial charge is 0.333 e. The topological polar surface area (TPSA) is 74.2 Å². The van der Waals surface area contributed by atoms with Gasteiger partial charge in [0.2, 0.25) is 0 Å². The van der Waals surface area contributed by atoms with Crippen molar-refractivity contribution in [2.75, 3.05) is 26.9 Å². The zero-order chi connectivity index (χ0) is 21.8. The third-order valence-corrected chi connectivity index (χ3v) is 4.34. The van der Waals surface area contributed by atoms with Crippen molar-refractivity contribution in [3.8, 4) is 29.6 Å². The zero-order valence-corrected chi connectivity index (χ0v) is 17.4. The van der Waals surface area contributed by atoms with Crippen LogP contribution in [0.3, 0.4) is 0 Å². The van der Waals surface area contributed by atoms with E-state index in [1.54, 1.807) is 0 Å². The van der Waals surface area contributed by atoms with E-state index in [1.807, 2.05) is 55.5 Å². The molecule has 0 fully saturated rings. The van der Waals surface area contributed by atoms with Crippen LogP contribution in [0.2, 0.25) is 0 Å². The summed E-state index contributed by atoms with van der Waals surface area (Å²) in [5.41, 5.74) is 0.876. The second kappa shape index (κ2) is 12.4. The van der Waals surface area contributed by atoms with Crippen molar-refractivity contribution in [2.45, 2.75) is 25.9 Å². The second-order valence-corrected chi connectivity index (χ2v) is 6.81. The van der Waals surface area contributed by atoms with Gasteiger partial charge >= 0.3 is 5.97 Å². The summed E-state index contributed by atoms with van der Waals surface area (Å²) < 4.78 is 22.0. The van der Waals surface area contributed by atoms with Crippen LogP contribution in [0.4, 0.5) is 0 Å². The van der Waals surface area contributed by atoms with E-state index in [1.165, 1.54) is 7.11 Å². The van der Waals surface area contributed by atoms with E-state index in [4.69, 9.17) is 30.5 Å². The molecule has 0 aliphatic carbocycles. The third-order valence-electron chi connectivity index (χ3n) is 4.34. The highest BCUT2D eigenvalue weighted by molar-refractivity contribution is 5.72. The number of carbonyl (C=O) groups is 1. The molecule has 2 aromatic rings. The van der Waals surface area contributed by atoms with Crippen molar-refractivity contribution in [1.29, 1.82) is 0 Å². The number of rotatable bonds is 13. The molecular weight excluding hydrogens is 384 g/mol. The highest BCUT2D eigenvalue weighted by Gasteiger charge is 2.16. The highest BCUT2D eigenvalue weighted by atomic mass is 16.5. The summed E-state index contributed by atoms with van der Waals surface area (Å²) in [6, 6.07) is 14.8.